The van der Waals surface area contributed by atoms with Gasteiger partial charge < -0.3 is 14.8 Å². The van der Waals surface area contributed by atoms with Crippen molar-refractivity contribution in [2.75, 3.05) is 13.7 Å². The van der Waals surface area contributed by atoms with E-state index in [0.29, 0.717) is 12.3 Å². The first-order chi connectivity index (χ1) is 10.2. The van der Waals surface area contributed by atoms with Crippen LogP contribution in [0.3, 0.4) is 0 Å². The van der Waals surface area contributed by atoms with Crippen molar-refractivity contribution in [1.82, 2.24) is 5.32 Å². The molecule has 4 nitrogen and oxygen atoms in total. The summed E-state index contributed by atoms with van der Waals surface area (Å²) in [6, 6.07) is 14.9. The molecule has 0 spiro atoms. The highest BCUT2D eigenvalue weighted by Gasteiger charge is 2.07. The van der Waals surface area contributed by atoms with E-state index in [9.17, 15) is 4.79 Å². The van der Waals surface area contributed by atoms with Crippen LogP contribution < -0.4 is 14.8 Å². The third-order valence-electron chi connectivity index (χ3n) is 2.83. The van der Waals surface area contributed by atoms with Crippen molar-refractivity contribution in [3.63, 3.8) is 0 Å². The van der Waals surface area contributed by atoms with Crippen molar-refractivity contribution < 1.29 is 14.3 Å². The molecule has 0 bridgehead atoms. The number of para-hydroxylation sites is 1. The standard InChI is InChI=1S/C16H16BrNO3/c1-20-15-8-7-13(17)9-12(15)10-18-16(19)11-21-14-5-3-2-4-6-14/h2-9H,10-11H2,1H3,(H,18,19). The predicted molar refractivity (Wildman–Crippen MR) is 84.5 cm³/mol. The molecule has 0 heterocycles. The number of hydrogen-bond donors (Lipinski definition) is 1. The lowest BCUT2D eigenvalue weighted by atomic mass is 10.2. The molecule has 0 fully saturated rings. The second-order valence-corrected chi connectivity index (χ2v) is 5.25. The van der Waals surface area contributed by atoms with Gasteiger partial charge in [-0.2, -0.15) is 0 Å². The number of carbonyl (C=O) groups excluding carboxylic acids is 1. The molecule has 0 aliphatic rings. The maximum Gasteiger partial charge on any atom is 0.258 e. The van der Waals surface area contributed by atoms with Crippen LogP contribution in [-0.4, -0.2) is 19.6 Å². The van der Waals surface area contributed by atoms with Gasteiger partial charge in [-0.15, -0.1) is 0 Å². The summed E-state index contributed by atoms with van der Waals surface area (Å²) in [5.74, 6) is 1.23. The van der Waals surface area contributed by atoms with Gasteiger partial charge in [0, 0.05) is 16.6 Å². The molecule has 0 radical (unpaired) electrons. The van der Waals surface area contributed by atoms with E-state index in [1.165, 1.54) is 0 Å². The topological polar surface area (TPSA) is 47.6 Å². The van der Waals surface area contributed by atoms with Gasteiger partial charge in [0.1, 0.15) is 11.5 Å². The quantitative estimate of drug-likeness (QED) is 0.871. The highest BCUT2D eigenvalue weighted by Crippen LogP contribution is 2.22. The summed E-state index contributed by atoms with van der Waals surface area (Å²) < 4.78 is 11.6. The minimum Gasteiger partial charge on any atom is -0.496 e. The summed E-state index contributed by atoms with van der Waals surface area (Å²) in [7, 11) is 1.60. The van der Waals surface area contributed by atoms with Crippen LogP contribution in [0.25, 0.3) is 0 Å². The van der Waals surface area contributed by atoms with Gasteiger partial charge in [-0.25, -0.2) is 0 Å². The zero-order valence-corrected chi connectivity index (χ0v) is 13.2. The van der Waals surface area contributed by atoms with Crippen LogP contribution in [0.15, 0.2) is 53.0 Å². The van der Waals surface area contributed by atoms with Gasteiger partial charge in [0.15, 0.2) is 6.61 Å². The van der Waals surface area contributed by atoms with E-state index in [-0.39, 0.29) is 12.5 Å². The van der Waals surface area contributed by atoms with Crippen molar-refractivity contribution in [2.45, 2.75) is 6.54 Å². The van der Waals surface area contributed by atoms with Crippen LogP contribution in [-0.2, 0) is 11.3 Å². The van der Waals surface area contributed by atoms with Gasteiger partial charge in [-0.05, 0) is 30.3 Å². The van der Waals surface area contributed by atoms with Gasteiger partial charge >= 0.3 is 0 Å². The first-order valence-electron chi connectivity index (χ1n) is 6.46. The van der Waals surface area contributed by atoms with Crippen LogP contribution >= 0.6 is 15.9 Å². The van der Waals surface area contributed by atoms with Crippen molar-refractivity contribution in [3.8, 4) is 11.5 Å². The molecular weight excluding hydrogens is 334 g/mol. The Morgan fingerprint density at radius 3 is 2.67 bits per heavy atom. The number of rotatable bonds is 6. The number of benzene rings is 2. The Kier molecular flexibility index (Phi) is 5.63. The Labute approximate surface area is 132 Å². The lowest BCUT2D eigenvalue weighted by Crippen LogP contribution is -2.28. The van der Waals surface area contributed by atoms with E-state index < -0.39 is 0 Å². The Hall–Kier alpha value is -2.01. The van der Waals surface area contributed by atoms with Gasteiger partial charge in [0.2, 0.25) is 0 Å². The smallest absolute Gasteiger partial charge is 0.258 e. The number of amides is 1. The highest BCUT2D eigenvalue weighted by molar-refractivity contribution is 9.10. The zero-order valence-electron chi connectivity index (χ0n) is 11.6. The van der Waals surface area contributed by atoms with Crippen molar-refractivity contribution >= 4 is 21.8 Å². The van der Waals surface area contributed by atoms with E-state index in [1.807, 2.05) is 48.5 Å². The highest BCUT2D eigenvalue weighted by atomic mass is 79.9. The van der Waals surface area contributed by atoms with Crippen molar-refractivity contribution in [1.29, 1.82) is 0 Å². The molecule has 0 atom stereocenters. The van der Waals surface area contributed by atoms with E-state index >= 15 is 0 Å². The molecule has 0 aliphatic heterocycles. The SMILES string of the molecule is COc1ccc(Br)cc1CNC(=O)COc1ccccc1. The molecule has 0 unspecified atom stereocenters. The number of methoxy groups -OCH3 is 1. The Balaban J connectivity index is 1.85. The Morgan fingerprint density at radius 2 is 1.95 bits per heavy atom. The Morgan fingerprint density at radius 1 is 1.19 bits per heavy atom. The fraction of sp³-hybridized carbons (Fsp3) is 0.188. The molecule has 2 aromatic rings. The normalized spacial score (nSPS) is 10.0. The van der Waals surface area contributed by atoms with Gasteiger partial charge in [-0.1, -0.05) is 34.1 Å². The predicted octanol–water partition coefficient (Wildman–Crippen LogP) is 3.15. The van der Waals surface area contributed by atoms with E-state index in [0.717, 1.165) is 15.8 Å². The number of ether oxygens (including phenoxy) is 2. The maximum atomic E-state index is 11.8. The molecule has 21 heavy (non-hydrogen) atoms. The Bertz CT molecular complexity index is 602. The lowest BCUT2D eigenvalue weighted by Gasteiger charge is -2.11. The molecule has 0 aromatic heterocycles. The van der Waals surface area contributed by atoms with E-state index in [2.05, 4.69) is 21.2 Å². The third-order valence-corrected chi connectivity index (χ3v) is 3.32. The molecule has 0 aliphatic carbocycles. The average Bonchev–Trinajstić information content (AvgIpc) is 2.52. The number of halogens is 1. The van der Waals surface area contributed by atoms with Gasteiger partial charge in [0.25, 0.3) is 5.91 Å². The summed E-state index contributed by atoms with van der Waals surface area (Å²) >= 11 is 3.40. The molecule has 5 heteroatoms. The summed E-state index contributed by atoms with van der Waals surface area (Å²) in [5, 5.41) is 2.81. The van der Waals surface area contributed by atoms with Crippen LogP contribution in [0.5, 0.6) is 11.5 Å². The minimum absolute atomic E-state index is 0.0136. The number of hydrogen-bond acceptors (Lipinski definition) is 3. The van der Waals surface area contributed by atoms with E-state index in [1.54, 1.807) is 7.11 Å². The molecule has 2 rings (SSSR count). The van der Waals surface area contributed by atoms with Gasteiger partial charge in [-0.3, -0.25) is 4.79 Å². The molecule has 110 valence electrons. The second kappa shape index (κ2) is 7.69. The van der Waals surface area contributed by atoms with Crippen LogP contribution in [0, 0.1) is 0 Å². The molecular formula is C16H16BrNO3. The largest absolute Gasteiger partial charge is 0.496 e. The van der Waals surface area contributed by atoms with Crippen LogP contribution in [0.4, 0.5) is 0 Å². The van der Waals surface area contributed by atoms with Crippen molar-refractivity contribution in [2.24, 2.45) is 0 Å². The maximum absolute atomic E-state index is 11.8. The fourth-order valence-corrected chi connectivity index (χ4v) is 2.20. The minimum atomic E-state index is -0.180. The second-order valence-electron chi connectivity index (χ2n) is 4.33. The molecule has 1 amide bonds. The summed E-state index contributed by atoms with van der Waals surface area (Å²) in [4.78, 5) is 11.8. The lowest BCUT2D eigenvalue weighted by molar-refractivity contribution is -0.123. The number of nitrogens with one attached hydrogen (secondary N) is 1. The first-order valence-corrected chi connectivity index (χ1v) is 7.25. The first kappa shape index (κ1) is 15.4. The average molecular weight is 350 g/mol. The van der Waals surface area contributed by atoms with E-state index in [4.69, 9.17) is 9.47 Å². The van der Waals surface area contributed by atoms with Gasteiger partial charge in [0.05, 0.1) is 7.11 Å². The molecule has 2 aromatic carbocycles. The molecule has 0 saturated carbocycles. The molecule has 0 saturated heterocycles. The van der Waals surface area contributed by atoms with Crippen molar-refractivity contribution in [3.05, 3.63) is 58.6 Å². The van der Waals surface area contributed by atoms with Crippen LogP contribution in [0.2, 0.25) is 0 Å². The van der Waals surface area contributed by atoms with Crippen LogP contribution in [0.1, 0.15) is 5.56 Å². The number of carbonyl (C=O) groups is 1. The fourth-order valence-electron chi connectivity index (χ4n) is 1.80. The monoisotopic (exact) mass is 349 g/mol. The summed E-state index contributed by atoms with van der Waals surface area (Å²) in [6.45, 7) is 0.375. The third kappa shape index (κ3) is 4.79. The summed E-state index contributed by atoms with van der Waals surface area (Å²) in [6.07, 6.45) is 0. The molecule has 1 N–H and O–H groups in total. The zero-order chi connectivity index (χ0) is 15.1. The summed E-state index contributed by atoms with van der Waals surface area (Å²) in [5.41, 5.74) is 0.903.